The molecule has 1 aliphatic heterocycles. The first-order valence-corrected chi connectivity index (χ1v) is 11.3. The number of hydrogen-bond acceptors (Lipinski definition) is 6. The van der Waals surface area contributed by atoms with E-state index < -0.39 is 41.5 Å². The van der Waals surface area contributed by atoms with Crippen molar-refractivity contribution < 1.29 is 31.7 Å². The van der Waals surface area contributed by atoms with Crippen molar-refractivity contribution >= 4 is 17.5 Å². The normalized spacial score (nSPS) is 21.8. The van der Waals surface area contributed by atoms with E-state index in [1.165, 1.54) is 29.2 Å². The minimum Gasteiger partial charge on any atom is -0.339 e. The van der Waals surface area contributed by atoms with Crippen molar-refractivity contribution in [1.82, 2.24) is 15.0 Å². The second-order valence-corrected chi connectivity index (χ2v) is 9.16. The molecule has 2 amide bonds. The number of rotatable bonds is 4. The highest BCUT2D eigenvalue weighted by Crippen LogP contribution is 2.51. The summed E-state index contributed by atoms with van der Waals surface area (Å²) in [6, 6.07) is 9.79. The number of hydrogen-bond donors (Lipinski definition) is 0. The van der Waals surface area contributed by atoms with Crippen molar-refractivity contribution in [2.24, 2.45) is 0 Å². The third-order valence-electron chi connectivity index (χ3n) is 6.80. The maximum atomic E-state index is 14.8. The van der Waals surface area contributed by atoms with Crippen molar-refractivity contribution in [1.29, 1.82) is 5.26 Å². The molecule has 1 saturated carbocycles. The monoisotopic (exact) mass is 513 g/mol. The largest absolute Gasteiger partial charge is 0.416 e. The van der Waals surface area contributed by atoms with E-state index in [9.17, 15) is 27.2 Å². The molecule has 1 saturated heterocycles. The zero-order valence-corrected chi connectivity index (χ0v) is 19.4. The molecule has 5 rings (SSSR count). The lowest BCUT2D eigenvalue weighted by molar-refractivity contribution is -0.160. The van der Waals surface area contributed by atoms with Gasteiger partial charge in [-0.3, -0.25) is 14.5 Å². The van der Waals surface area contributed by atoms with Gasteiger partial charge in [-0.25, -0.2) is 4.39 Å². The predicted molar refractivity (Wildman–Crippen MR) is 119 cm³/mol. The summed E-state index contributed by atoms with van der Waals surface area (Å²) in [5.74, 6) is -1.48. The van der Waals surface area contributed by atoms with Crippen molar-refractivity contribution in [3.63, 3.8) is 0 Å². The van der Waals surface area contributed by atoms with Gasteiger partial charge < -0.3 is 9.42 Å². The molecule has 0 radical (unpaired) electrons. The molecule has 2 fully saturated rings. The van der Waals surface area contributed by atoms with E-state index in [0.29, 0.717) is 17.3 Å². The number of halogens is 4. The Labute approximate surface area is 208 Å². The van der Waals surface area contributed by atoms with Gasteiger partial charge in [-0.05, 0) is 55.7 Å². The van der Waals surface area contributed by atoms with Crippen LogP contribution in [0.25, 0.3) is 0 Å². The van der Waals surface area contributed by atoms with E-state index >= 15 is 0 Å². The van der Waals surface area contributed by atoms with Crippen molar-refractivity contribution in [2.75, 3.05) is 11.4 Å². The molecular formula is C25H19F4N5O3. The topological polar surface area (TPSA) is 103 Å². The van der Waals surface area contributed by atoms with Crippen molar-refractivity contribution in [2.45, 2.75) is 43.9 Å². The molecule has 8 nitrogen and oxygen atoms in total. The second kappa shape index (κ2) is 8.69. The number of amides is 2. The number of carbonyl (C=O) groups excluding carboxylic acids is 2. The first-order chi connectivity index (χ1) is 17.5. The molecule has 0 bridgehead atoms. The van der Waals surface area contributed by atoms with Gasteiger partial charge in [0, 0.05) is 12.5 Å². The zero-order valence-electron chi connectivity index (χ0n) is 19.4. The van der Waals surface area contributed by atoms with Crippen LogP contribution in [0.15, 0.2) is 47.0 Å². The molecule has 2 aromatic carbocycles. The number of benzene rings is 2. The van der Waals surface area contributed by atoms with Crippen LogP contribution in [0.2, 0.25) is 0 Å². The molecule has 1 aromatic heterocycles. The van der Waals surface area contributed by atoms with E-state index in [1.54, 1.807) is 6.92 Å². The molecule has 0 atom stereocenters. The van der Waals surface area contributed by atoms with Crippen LogP contribution in [-0.4, -0.2) is 38.9 Å². The molecule has 2 aliphatic rings. The molecule has 0 unspecified atom stereocenters. The zero-order chi connectivity index (χ0) is 26.5. The smallest absolute Gasteiger partial charge is 0.339 e. The molecule has 3 aromatic rings. The van der Waals surface area contributed by atoms with E-state index in [0.717, 1.165) is 23.1 Å². The molecule has 190 valence electrons. The lowest BCUT2D eigenvalue weighted by atomic mass is 9.65. The van der Waals surface area contributed by atoms with Crippen LogP contribution in [0.4, 0.5) is 23.2 Å². The molecule has 1 aliphatic carbocycles. The summed E-state index contributed by atoms with van der Waals surface area (Å²) in [6.45, 7) is 1.07. The fraction of sp³-hybridized carbons (Fsp3) is 0.320. The number of carbonyl (C=O) groups is 2. The summed E-state index contributed by atoms with van der Waals surface area (Å²) >= 11 is 0. The molecule has 12 heteroatoms. The van der Waals surface area contributed by atoms with Crippen LogP contribution in [0, 0.1) is 24.1 Å². The number of aryl methyl sites for hydroxylation is 1. The minimum absolute atomic E-state index is 0.0613. The Balaban J connectivity index is 1.48. The van der Waals surface area contributed by atoms with E-state index in [1.807, 2.05) is 6.07 Å². The highest BCUT2D eigenvalue weighted by molar-refractivity contribution is 6.10. The molecule has 1 spiro atoms. The fourth-order valence-corrected chi connectivity index (χ4v) is 4.91. The average Bonchev–Trinajstić information content (AvgIpc) is 3.26. The lowest BCUT2D eigenvalue weighted by Crippen LogP contribution is -2.72. The molecule has 37 heavy (non-hydrogen) atoms. The van der Waals surface area contributed by atoms with Crippen LogP contribution >= 0.6 is 0 Å². The number of piperazine rings is 1. The van der Waals surface area contributed by atoms with Crippen LogP contribution in [0.5, 0.6) is 0 Å². The average molecular weight is 513 g/mol. The van der Waals surface area contributed by atoms with Crippen LogP contribution < -0.4 is 4.90 Å². The first kappa shape index (κ1) is 24.4. The number of anilines is 1. The van der Waals surface area contributed by atoms with Gasteiger partial charge in [0.2, 0.25) is 11.8 Å². The minimum atomic E-state index is -4.51. The Hall–Kier alpha value is -4.27. The molecular weight excluding hydrogens is 494 g/mol. The third-order valence-corrected chi connectivity index (χ3v) is 6.80. The number of aromatic nitrogens is 2. The molecule has 0 N–H and O–H groups in total. The summed E-state index contributed by atoms with van der Waals surface area (Å²) in [5, 5.41) is 12.8. The Bertz CT molecular complexity index is 1420. The van der Waals surface area contributed by atoms with Gasteiger partial charge in [0.15, 0.2) is 5.82 Å². The standard InChI is InChI=1S/C25H19F4N5O3/c1-14-31-22(37-32-14)17-9-24(10-17)23(36)33(20-7-4-16(11-30)8-19(20)26)13-21(35)34(24)12-15-2-5-18(6-3-15)25(27,28)29/h2-8,17H,9-10,12-13H2,1H3. The Morgan fingerprint density at radius 3 is 2.43 bits per heavy atom. The van der Waals surface area contributed by atoms with Crippen molar-refractivity contribution in [3.05, 3.63) is 76.7 Å². The summed E-state index contributed by atoms with van der Waals surface area (Å²) in [6.07, 6.45) is -4.27. The summed E-state index contributed by atoms with van der Waals surface area (Å²) < 4.78 is 59.0. The van der Waals surface area contributed by atoms with Gasteiger partial charge in [0.25, 0.3) is 5.91 Å². The van der Waals surface area contributed by atoms with Gasteiger partial charge >= 0.3 is 6.18 Å². The van der Waals surface area contributed by atoms with Crippen LogP contribution in [-0.2, 0) is 22.3 Å². The van der Waals surface area contributed by atoms with Gasteiger partial charge in [0.05, 0.1) is 22.9 Å². The van der Waals surface area contributed by atoms with E-state index in [2.05, 4.69) is 10.1 Å². The lowest BCUT2D eigenvalue weighted by Gasteiger charge is -2.56. The first-order valence-electron chi connectivity index (χ1n) is 11.3. The fourth-order valence-electron chi connectivity index (χ4n) is 4.91. The van der Waals surface area contributed by atoms with Gasteiger partial charge in [-0.2, -0.15) is 23.4 Å². The van der Waals surface area contributed by atoms with E-state index in [-0.39, 0.29) is 36.6 Å². The second-order valence-electron chi connectivity index (χ2n) is 9.16. The Morgan fingerprint density at radius 1 is 1.16 bits per heavy atom. The highest BCUT2D eigenvalue weighted by Gasteiger charge is 2.61. The summed E-state index contributed by atoms with van der Waals surface area (Å²) in [7, 11) is 0. The SMILES string of the molecule is Cc1noc(C2CC3(C2)C(=O)N(c2ccc(C#N)cc2F)CC(=O)N3Cc2ccc(C(F)(F)F)cc2)n1. The van der Waals surface area contributed by atoms with Crippen molar-refractivity contribution in [3.8, 4) is 6.07 Å². The Morgan fingerprint density at radius 2 is 1.86 bits per heavy atom. The van der Waals surface area contributed by atoms with E-state index in [4.69, 9.17) is 9.78 Å². The van der Waals surface area contributed by atoms with Gasteiger partial charge in [-0.1, -0.05) is 17.3 Å². The maximum absolute atomic E-state index is 14.8. The van der Waals surface area contributed by atoms with Crippen LogP contribution in [0.3, 0.4) is 0 Å². The summed E-state index contributed by atoms with van der Waals surface area (Å²) in [5.41, 5.74) is -1.88. The van der Waals surface area contributed by atoms with Gasteiger partial charge in [-0.15, -0.1) is 0 Å². The Kier molecular flexibility index (Phi) is 5.73. The number of alkyl halides is 3. The van der Waals surface area contributed by atoms with Gasteiger partial charge in [0.1, 0.15) is 17.9 Å². The summed E-state index contributed by atoms with van der Waals surface area (Å²) in [4.78, 5) is 33.8. The highest BCUT2D eigenvalue weighted by atomic mass is 19.4. The number of nitrogens with zero attached hydrogens (tertiary/aromatic N) is 5. The quantitative estimate of drug-likeness (QED) is 0.487. The number of nitriles is 1. The maximum Gasteiger partial charge on any atom is 0.416 e. The predicted octanol–water partition coefficient (Wildman–Crippen LogP) is 4.10. The third kappa shape index (κ3) is 4.20. The molecule has 2 heterocycles. The van der Waals surface area contributed by atoms with Crippen LogP contribution in [0.1, 0.15) is 47.2 Å².